The Kier molecular flexibility index (Phi) is 6.15. The molecule has 0 saturated heterocycles. The van der Waals surface area contributed by atoms with Crippen LogP contribution in [0.2, 0.25) is 0 Å². The van der Waals surface area contributed by atoms with Crippen molar-refractivity contribution in [1.82, 2.24) is 5.43 Å². The summed E-state index contributed by atoms with van der Waals surface area (Å²) in [7, 11) is 0. The number of nitrogens with two attached hydrogens (primary N) is 1. The number of hydrogen-bond acceptors (Lipinski definition) is 2. The number of unbranched alkanes of at least 4 members (excludes halogenated alkanes) is 4. The lowest BCUT2D eigenvalue weighted by atomic mass is 9.95. The van der Waals surface area contributed by atoms with Crippen LogP contribution in [0.5, 0.6) is 0 Å². The van der Waals surface area contributed by atoms with Crippen molar-refractivity contribution in [3.05, 3.63) is 47.8 Å². The van der Waals surface area contributed by atoms with E-state index in [1.54, 1.807) is 6.07 Å². The Balaban J connectivity index is 2.13. The molecule has 21 heavy (non-hydrogen) atoms. The number of nitrogens with one attached hydrogen (secondary N) is 1. The van der Waals surface area contributed by atoms with Gasteiger partial charge in [0.25, 0.3) is 0 Å². The minimum absolute atomic E-state index is 0.0807. The average molecular weight is 288 g/mol. The van der Waals surface area contributed by atoms with Crippen LogP contribution < -0.4 is 11.3 Å². The normalized spacial score (nSPS) is 12.7. The molecule has 3 N–H and O–H groups in total. The second-order valence-electron chi connectivity index (χ2n) is 5.60. The highest BCUT2D eigenvalue weighted by atomic mass is 19.1. The first-order chi connectivity index (χ1) is 10.3. The van der Waals surface area contributed by atoms with Gasteiger partial charge >= 0.3 is 0 Å². The lowest BCUT2D eigenvalue weighted by molar-refractivity contribution is 0.481. The van der Waals surface area contributed by atoms with Gasteiger partial charge in [-0.25, -0.2) is 4.39 Å². The van der Waals surface area contributed by atoms with Gasteiger partial charge in [-0.3, -0.25) is 11.3 Å². The number of benzene rings is 2. The van der Waals surface area contributed by atoms with Gasteiger partial charge in [0.2, 0.25) is 0 Å². The quantitative estimate of drug-likeness (QED) is 0.414. The maximum atomic E-state index is 13.9. The monoisotopic (exact) mass is 288 g/mol. The summed E-state index contributed by atoms with van der Waals surface area (Å²) < 4.78 is 13.9. The molecule has 3 heteroatoms. The third-order valence-corrected chi connectivity index (χ3v) is 4.08. The maximum absolute atomic E-state index is 13.9. The van der Waals surface area contributed by atoms with Crippen LogP contribution in [0, 0.1) is 5.82 Å². The van der Waals surface area contributed by atoms with Gasteiger partial charge in [-0.2, -0.15) is 0 Å². The molecule has 0 amide bonds. The number of hydrazine groups is 1. The van der Waals surface area contributed by atoms with Gasteiger partial charge in [-0.1, -0.05) is 69.4 Å². The Labute approximate surface area is 126 Å². The summed E-state index contributed by atoms with van der Waals surface area (Å²) in [6, 6.07) is 11.1. The minimum Gasteiger partial charge on any atom is -0.271 e. The SMILES string of the molecule is CCCCCCCC(NN)c1ccc(F)c2ccccc12. The van der Waals surface area contributed by atoms with E-state index < -0.39 is 0 Å². The highest BCUT2D eigenvalue weighted by Gasteiger charge is 2.14. The van der Waals surface area contributed by atoms with Crippen molar-refractivity contribution < 1.29 is 4.39 Å². The van der Waals surface area contributed by atoms with Crippen molar-refractivity contribution in [3.63, 3.8) is 0 Å². The first-order valence-corrected chi connectivity index (χ1v) is 7.91. The van der Waals surface area contributed by atoms with Crippen molar-refractivity contribution in [2.24, 2.45) is 5.84 Å². The van der Waals surface area contributed by atoms with Gasteiger partial charge in [0.1, 0.15) is 5.82 Å². The Hall–Kier alpha value is -1.45. The molecule has 0 heterocycles. The van der Waals surface area contributed by atoms with E-state index in [1.807, 2.05) is 30.3 Å². The average Bonchev–Trinajstić information content (AvgIpc) is 2.52. The minimum atomic E-state index is -0.173. The molecule has 114 valence electrons. The van der Waals surface area contributed by atoms with Gasteiger partial charge in [-0.15, -0.1) is 0 Å². The second-order valence-corrected chi connectivity index (χ2v) is 5.60. The zero-order chi connectivity index (χ0) is 15.1. The summed E-state index contributed by atoms with van der Waals surface area (Å²) in [6.07, 6.45) is 7.17. The molecule has 0 saturated carbocycles. The van der Waals surface area contributed by atoms with Crippen molar-refractivity contribution in [2.75, 3.05) is 0 Å². The fourth-order valence-electron chi connectivity index (χ4n) is 2.87. The Morgan fingerprint density at radius 1 is 1.00 bits per heavy atom. The first kappa shape index (κ1) is 15.9. The van der Waals surface area contributed by atoms with Crippen LogP contribution in [0.4, 0.5) is 4.39 Å². The van der Waals surface area contributed by atoms with Crippen LogP contribution >= 0.6 is 0 Å². The predicted molar refractivity (Wildman–Crippen MR) is 87.3 cm³/mol. The Morgan fingerprint density at radius 3 is 2.43 bits per heavy atom. The summed E-state index contributed by atoms with van der Waals surface area (Å²) in [4.78, 5) is 0. The first-order valence-electron chi connectivity index (χ1n) is 7.91. The van der Waals surface area contributed by atoms with Crippen molar-refractivity contribution in [2.45, 2.75) is 51.5 Å². The molecule has 0 aliphatic heterocycles. The Morgan fingerprint density at radius 2 is 1.71 bits per heavy atom. The molecule has 0 spiro atoms. The molecular weight excluding hydrogens is 263 g/mol. The van der Waals surface area contributed by atoms with E-state index in [0.29, 0.717) is 5.39 Å². The summed E-state index contributed by atoms with van der Waals surface area (Å²) >= 11 is 0. The van der Waals surface area contributed by atoms with E-state index in [1.165, 1.54) is 25.7 Å². The van der Waals surface area contributed by atoms with Crippen LogP contribution in [-0.4, -0.2) is 0 Å². The topological polar surface area (TPSA) is 38.0 Å². The molecular formula is C18H25FN2. The van der Waals surface area contributed by atoms with E-state index in [4.69, 9.17) is 5.84 Å². The smallest absolute Gasteiger partial charge is 0.131 e. The van der Waals surface area contributed by atoms with E-state index in [-0.39, 0.29) is 11.9 Å². The van der Waals surface area contributed by atoms with Gasteiger partial charge in [-0.05, 0) is 23.4 Å². The molecule has 0 radical (unpaired) electrons. The molecule has 2 nitrogen and oxygen atoms in total. The molecule has 0 fully saturated rings. The van der Waals surface area contributed by atoms with Crippen LogP contribution in [0.3, 0.4) is 0 Å². The number of fused-ring (bicyclic) bond motifs is 1. The number of rotatable bonds is 8. The highest BCUT2D eigenvalue weighted by molar-refractivity contribution is 5.86. The zero-order valence-electron chi connectivity index (χ0n) is 12.7. The molecule has 0 aliphatic rings. The third-order valence-electron chi connectivity index (χ3n) is 4.08. The van der Waals surface area contributed by atoms with Crippen LogP contribution in [0.1, 0.15) is 57.1 Å². The summed E-state index contributed by atoms with van der Waals surface area (Å²) in [5.74, 6) is 5.56. The third kappa shape index (κ3) is 4.02. The molecule has 2 aromatic rings. The lowest BCUT2D eigenvalue weighted by Gasteiger charge is -2.18. The number of halogens is 1. The van der Waals surface area contributed by atoms with E-state index in [0.717, 1.165) is 23.8 Å². The molecule has 0 aromatic heterocycles. The standard InChI is InChI=1S/C18H25FN2/c1-2-3-4-5-6-11-18(21-20)16-12-13-17(19)15-10-8-7-9-14(15)16/h7-10,12-13,18,21H,2-6,11,20H2,1H3. The molecule has 0 aliphatic carbocycles. The Bertz CT molecular complexity index is 568. The van der Waals surface area contributed by atoms with Gasteiger partial charge < -0.3 is 0 Å². The summed E-state index contributed by atoms with van der Waals surface area (Å²) in [6.45, 7) is 2.22. The maximum Gasteiger partial charge on any atom is 0.131 e. The lowest BCUT2D eigenvalue weighted by Crippen LogP contribution is -2.28. The molecule has 1 atom stereocenters. The second kappa shape index (κ2) is 8.11. The fourth-order valence-corrected chi connectivity index (χ4v) is 2.87. The zero-order valence-corrected chi connectivity index (χ0v) is 12.7. The summed E-state index contributed by atoms with van der Waals surface area (Å²) in [5.41, 5.74) is 3.99. The molecule has 2 aromatic carbocycles. The van der Waals surface area contributed by atoms with Crippen LogP contribution in [0.15, 0.2) is 36.4 Å². The van der Waals surface area contributed by atoms with Gasteiger partial charge in [0.05, 0.1) is 0 Å². The van der Waals surface area contributed by atoms with Crippen LogP contribution in [-0.2, 0) is 0 Å². The molecule has 2 rings (SSSR count). The molecule has 0 bridgehead atoms. The van der Waals surface area contributed by atoms with E-state index in [9.17, 15) is 4.39 Å². The van der Waals surface area contributed by atoms with Crippen molar-refractivity contribution in [1.29, 1.82) is 0 Å². The van der Waals surface area contributed by atoms with Crippen molar-refractivity contribution >= 4 is 10.8 Å². The van der Waals surface area contributed by atoms with E-state index in [2.05, 4.69) is 12.3 Å². The molecule has 1 unspecified atom stereocenters. The largest absolute Gasteiger partial charge is 0.271 e. The number of hydrogen-bond donors (Lipinski definition) is 2. The highest BCUT2D eigenvalue weighted by Crippen LogP contribution is 2.29. The van der Waals surface area contributed by atoms with Gasteiger partial charge in [0.15, 0.2) is 0 Å². The van der Waals surface area contributed by atoms with Gasteiger partial charge in [0, 0.05) is 11.4 Å². The summed E-state index contributed by atoms with van der Waals surface area (Å²) in [5, 5.41) is 1.62. The predicted octanol–water partition coefficient (Wildman–Crippen LogP) is 4.84. The van der Waals surface area contributed by atoms with E-state index >= 15 is 0 Å². The van der Waals surface area contributed by atoms with Crippen molar-refractivity contribution in [3.8, 4) is 0 Å². The fraction of sp³-hybridized carbons (Fsp3) is 0.444. The van der Waals surface area contributed by atoms with Crippen LogP contribution in [0.25, 0.3) is 10.8 Å².